The molecular weight excluding hydrogens is 333 g/mol. The van der Waals surface area contributed by atoms with Crippen LogP contribution in [0.5, 0.6) is 0 Å². The van der Waals surface area contributed by atoms with Crippen LogP contribution in [0.2, 0.25) is 0 Å². The number of aldehydes is 1. The molecule has 0 saturated carbocycles. The van der Waals surface area contributed by atoms with Gasteiger partial charge in [-0.1, -0.05) is 6.07 Å². The summed E-state index contributed by atoms with van der Waals surface area (Å²) in [5, 5.41) is 2.75. The molecule has 1 heterocycles. The first-order valence-corrected chi connectivity index (χ1v) is 8.08. The number of carbonyl (C=O) groups is 2. The SMILES string of the molecule is Cc1cn(-c2cc(CF)cc(C(=O)Nc3ccc(C)c(C=O)c3)c2)cn1. The van der Waals surface area contributed by atoms with Crippen LogP contribution in [0.4, 0.5) is 10.1 Å². The number of benzene rings is 2. The molecule has 0 aliphatic heterocycles. The molecule has 26 heavy (non-hydrogen) atoms. The minimum absolute atomic E-state index is 0.328. The van der Waals surface area contributed by atoms with Gasteiger partial charge < -0.3 is 9.88 Å². The van der Waals surface area contributed by atoms with Crippen LogP contribution in [0.15, 0.2) is 48.9 Å². The lowest BCUT2D eigenvalue weighted by Gasteiger charge is -2.10. The summed E-state index contributed by atoms with van der Waals surface area (Å²) >= 11 is 0. The van der Waals surface area contributed by atoms with Gasteiger partial charge in [-0.15, -0.1) is 0 Å². The lowest BCUT2D eigenvalue weighted by Crippen LogP contribution is -2.13. The van der Waals surface area contributed by atoms with Gasteiger partial charge in [-0.3, -0.25) is 9.59 Å². The van der Waals surface area contributed by atoms with E-state index in [1.54, 1.807) is 47.4 Å². The van der Waals surface area contributed by atoms with E-state index in [0.29, 0.717) is 28.1 Å². The van der Waals surface area contributed by atoms with Crippen LogP contribution in [-0.4, -0.2) is 21.7 Å². The highest BCUT2D eigenvalue weighted by molar-refractivity contribution is 6.05. The van der Waals surface area contributed by atoms with Gasteiger partial charge in [0.25, 0.3) is 5.91 Å². The van der Waals surface area contributed by atoms with Crippen LogP contribution in [0.1, 0.15) is 37.5 Å². The number of amides is 1. The van der Waals surface area contributed by atoms with E-state index in [9.17, 15) is 14.0 Å². The zero-order valence-electron chi connectivity index (χ0n) is 14.5. The van der Waals surface area contributed by atoms with Gasteiger partial charge in [0, 0.05) is 28.7 Å². The van der Waals surface area contributed by atoms with E-state index in [1.165, 1.54) is 6.07 Å². The average Bonchev–Trinajstić information content (AvgIpc) is 3.09. The molecule has 0 fully saturated rings. The number of hydrogen-bond acceptors (Lipinski definition) is 3. The van der Waals surface area contributed by atoms with Gasteiger partial charge in [0.15, 0.2) is 0 Å². The number of aromatic nitrogens is 2. The first-order chi connectivity index (χ1) is 12.5. The highest BCUT2D eigenvalue weighted by Gasteiger charge is 2.11. The molecule has 5 nitrogen and oxygen atoms in total. The number of halogens is 1. The number of rotatable bonds is 5. The summed E-state index contributed by atoms with van der Waals surface area (Å²) in [6.07, 6.45) is 4.16. The Bertz CT molecular complexity index is 979. The van der Waals surface area contributed by atoms with Crippen LogP contribution in [0, 0.1) is 13.8 Å². The van der Waals surface area contributed by atoms with Gasteiger partial charge in [0.05, 0.1) is 12.0 Å². The van der Waals surface area contributed by atoms with Gasteiger partial charge >= 0.3 is 0 Å². The second-order valence-corrected chi connectivity index (χ2v) is 6.09. The largest absolute Gasteiger partial charge is 0.322 e. The summed E-state index contributed by atoms with van der Waals surface area (Å²) in [7, 11) is 0. The third-order valence-corrected chi connectivity index (χ3v) is 4.07. The quantitative estimate of drug-likeness (QED) is 0.706. The molecule has 0 spiro atoms. The predicted molar refractivity (Wildman–Crippen MR) is 97.6 cm³/mol. The van der Waals surface area contributed by atoms with Crippen molar-refractivity contribution in [3.05, 3.63) is 76.9 Å². The van der Waals surface area contributed by atoms with Crippen molar-refractivity contribution in [2.75, 3.05) is 5.32 Å². The number of alkyl halides is 1. The molecule has 0 aliphatic rings. The van der Waals surface area contributed by atoms with Gasteiger partial charge in [-0.25, -0.2) is 9.37 Å². The third kappa shape index (κ3) is 3.69. The van der Waals surface area contributed by atoms with E-state index in [1.807, 2.05) is 13.8 Å². The van der Waals surface area contributed by atoms with Gasteiger partial charge in [0.1, 0.15) is 13.0 Å². The maximum atomic E-state index is 13.2. The van der Waals surface area contributed by atoms with Crippen LogP contribution in [0.3, 0.4) is 0 Å². The molecular formula is C20H18FN3O2. The molecule has 1 N–H and O–H groups in total. The minimum atomic E-state index is -0.679. The molecule has 3 aromatic rings. The Morgan fingerprint density at radius 3 is 2.69 bits per heavy atom. The topological polar surface area (TPSA) is 64.0 Å². The molecule has 0 atom stereocenters. The Morgan fingerprint density at radius 1 is 1.23 bits per heavy atom. The molecule has 132 valence electrons. The number of carbonyl (C=O) groups excluding carboxylic acids is 2. The summed E-state index contributed by atoms with van der Waals surface area (Å²) in [5.74, 6) is -0.376. The Morgan fingerprint density at radius 2 is 2.04 bits per heavy atom. The highest BCUT2D eigenvalue weighted by atomic mass is 19.1. The minimum Gasteiger partial charge on any atom is -0.322 e. The summed E-state index contributed by atoms with van der Waals surface area (Å²) in [5.41, 5.74) is 4.05. The number of hydrogen-bond donors (Lipinski definition) is 1. The van der Waals surface area contributed by atoms with E-state index in [-0.39, 0.29) is 5.91 Å². The monoisotopic (exact) mass is 351 g/mol. The first kappa shape index (κ1) is 17.5. The number of imidazole rings is 1. The maximum Gasteiger partial charge on any atom is 0.255 e. The molecule has 3 rings (SSSR count). The molecule has 6 heteroatoms. The summed E-state index contributed by atoms with van der Waals surface area (Å²) in [6.45, 7) is 2.99. The highest BCUT2D eigenvalue weighted by Crippen LogP contribution is 2.19. The Kier molecular flexibility index (Phi) is 4.93. The number of nitrogens with zero attached hydrogens (tertiary/aromatic N) is 2. The van der Waals surface area contributed by atoms with Crippen molar-refractivity contribution in [2.45, 2.75) is 20.5 Å². The number of aryl methyl sites for hydroxylation is 2. The third-order valence-electron chi connectivity index (χ3n) is 4.07. The molecule has 0 radical (unpaired) electrons. The molecule has 0 unspecified atom stereocenters. The predicted octanol–water partition coefficient (Wildman–Crippen LogP) is 4.02. The molecule has 1 aromatic heterocycles. The standard InChI is InChI=1S/C20H18FN3O2/c1-13-3-4-18(7-17(13)11-25)23-20(26)16-5-15(9-21)6-19(8-16)24-10-14(2)22-12-24/h3-8,10-12H,9H2,1-2H3,(H,23,26). The summed E-state index contributed by atoms with van der Waals surface area (Å²) < 4.78 is 15.0. The second-order valence-electron chi connectivity index (χ2n) is 6.09. The first-order valence-electron chi connectivity index (χ1n) is 8.08. The van der Waals surface area contributed by atoms with Crippen LogP contribution >= 0.6 is 0 Å². The van der Waals surface area contributed by atoms with Crippen molar-refractivity contribution < 1.29 is 14.0 Å². The average molecular weight is 351 g/mol. The van der Waals surface area contributed by atoms with E-state index >= 15 is 0 Å². The number of nitrogens with one attached hydrogen (secondary N) is 1. The Balaban J connectivity index is 1.92. The lowest BCUT2D eigenvalue weighted by molar-refractivity contribution is 0.102. The van der Waals surface area contributed by atoms with E-state index < -0.39 is 6.67 Å². The Hall–Kier alpha value is -3.28. The zero-order valence-corrected chi connectivity index (χ0v) is 14.5. The summed E-state index contributed by atoms with van der Waals surface area (Å²) in [6, 6.07) is 9.95. The number of anilines is 1. The Labute approximate surface area is 150 Å². The van der Waals surface area contributed by atoms with Crippen LogP contribution < -0.4 is 5.32 Å². The maximum absolute atomic E-state index is 13.2. The molecule has 1 amide bonds. The van der Waals surface area contributed by atoms with E-state index in [4.69, 9.17) is 0 Å². The summed E-state index contributed by atoms with van der Waals surface area (Å²) in [4.78, 5) is 27.8. The van der Waals surface area contributed by atoms with Crippen molar-refractivity contribution >= 4 is 17.9 Å². The fraction of sp³-hybridized carbons (Fsp3) is 0.150. The molecule has 0 bridgehead atoms. The van der Waals surface area contributed by atoms with Gasteiger partial charge in [0.2, 0.25) is 0 Å². The molecule has 0 aliphatic carbocycles. The van der Waals surface area contributed by atoms with Crippen molar-refractivity contribution in [2.24, 2.45) is 0 Å². The fourth-order valence-corrected chi connectivity index (χ4v) is 2.64. The van der Waals surface area contributed by atoms with Crippen molar-refractivity contribution in [1.82, 2.24) is 9.55 Å². The second kappa shape index (κ2) is 7.31. The molecule has 0 saturated heterocycles. The lowest BCUT2D eigenvalue weighted by atomic mass is 10.1. The zero-order chi connectivity index (χ0) is 18.7. The van der Waals surface area contributed by atoms with Gasteiger partial charge in [-0.05, 0) is 55.3 Å². The fourth-order valence-electron chi connectivity index (χ4n) is 2.64. The normalized spacial score (nSPS) is 10.6. The van der Waals surface area contributed by atoms with Crippen molar-refractivity contribution in [3.8, 4) is 5.69 Å². The van der Waals surface area contributed by atoms with Gasteiger partial charge in [-0.2, -0.15) is 0 Å². The molecule has 2 aromatic carbocycles. The van der Waals surface area contributed by atoms with E-state index in [2.05, 4.69) is 10.3 Å². The van der Waals surface area contributed by atoms with Crippen molar-refractivity contribution in [1.29, 1.82) is 0 Å². The van der Waals surface area contributed by atoms with Crippen LogP contribution in [0.25, 0.3) is 5.69 Å². The smallest absolute Gasteiger partial charge is 0.255 e. The van der Waals surface area contributed by atoms with Crippen LogP contribution in [-0.2, 0) is 6.67 Å². The van der Waals surface area contributed by atoms with E-state index in [0.717, 1.165) is 17.5 Å². The van der Waals surface area contributed by atoms with Crippen molar-refractivity contribution in [3.63, 3.8) is 0 Å².